The fraction of sp³-hybridized carbons (Fsp3) is 0.364. The first-order valence-corrected chi connectivity index (χ1v) is 5.36. The highest BCUT2D eigenvalue weighted by Gasteiger charge is 2.43. The molecule has 1 aliphatic heterocycles. The van der Waals surface area contributed by atoms with Crippen LogP contribution in [0.3, 0.4) is 0 Å². The molecule has 0 radical (unpaired) electrons. The van der Waals surface area contributed by atoms with Gasteiger partial charge in [-0.3, -0.25) is 4.79 Å². The number of carbonyl (C=O) groups excluding carboxylic acids is 1. The number of nitrogens with two attached hydrogens (primary N) is 1. The fourth-order valence-electron chi connectivity index (χ4n) is 1.52. The van der Waals surface area contributed by atoms with Crippen LogP contribution in [0.2, 0.25) is 0 Å². The first kappa shape index (κ1) is 13.5. The number of methoxy groups -OCH3 is 1. The van der Waals surface area contributed by atoms with Crippen LogP contribution in [0.25, 0.3) is 0 Å². The maximum Gasteiger partial charge on any atom is 0.586 e. The zero-order valence-electron chi connectivity index (χ0n) is 9.98. The smallest absolute Gasteiger partial charge is 0.395 e. The number of rotatable bonds is 4. The average molecular weight is 274 g/mol. The lowest BCUT2D eigenvalue weighted by atomic mass is 10.2. The summed E-state index contributed by atoms with van der Waals surface area (Å²) in [6.07, 6.45) is -3.68. The number of carbonyl (C=O) groups is 1. The maximum absolute atomic E-state index is 12.8. The molecule has 6 nitrogen and oxygen atoms in total. The fourth-order valence-corrected chi connectivity index (χ4v) is 1.52. The van der Waals surface area contributed by atoms with Gasteiger partial charge in [0, 0.05) is 18.9 Å². The highest BCUT2D eigenvalue weighted by atomic mass is 19.3. The van der Waals surface area contributed by atoms with Gasteiger partial charge in [0.05, 0.1) is 6.61 Å². The number of hydrogen-bond acceptors (Lipinski definition) is 5. The van der Waals surface area contributed by atoms with E-state index in [-0.39, 0.29) is 23.8 Å². The highest BCUT2D eigenvalue weighted by molar-refractivity contribution is 5.95. The van der Waals surface area contributed by atoms with E-state index >= 15 is 0 Å². The third-order valence-corrected chi connectivity index (χ3v) is 2.35. The van der Waals surface area contributed by atoms with E-state index in [0.717, 1.165) is 0 Å². The SMILES string of the molecule is COCC(N)C(=O)Nc1ccc2c(c1)OC(F)(F)O2. The summed E-state index contributed by atoms with van der Waals surface area (Å²) in [7, 11) is 1.41. The average Bonchev–Trinajstić information content (AvgIpc) is 2.62. The van der Waals surface area contributed by atoms with Crippen molar-refractivity contribution < 1.29 is 27.8 Å². The van der Waals surface area contributed by atoms with Crippen LogP contribution in [0.1, 0.15) is 0 Å². The molecule has 3 N–H and O–H groups in total. The van der Waals surface area contributed by atoms with E-state index in [1.807, 2.05) is 0 Å². The van der Waals surface area contributed by atoms with E-state index in [9.17, 15) is 13.6 Å². The molecule has 2 rings (SSSR count). The molecule has 1 aromatic carbocycles. The second kappa shape index (κ2) is 4.98. The van der Waals surface area contributed by atoms with E-state index in [2.05, 4.69) is 14.8 Å². The van der Waals surface area contributed by atoms with Crippen LogP contribution in [0.5, 0.6) is 11.5 Å². The molecular formula is C11H12F2N2O4. The third kappa shape index (κ3) is 3.09. The molecule has 0 aromatic heterocycles. The van der Waals surface area contributed by atoms with Crippen molar-refractivity contribution in [2.24, 2.45) is 5.73 Å². The quantitative estimate of drug-likeness (QED) is 0.853. The van der Waals surface area contributed by atoms with Crippen molar-refractivity contribution in [3.63, 3.8) is 0 Å². The van der Waals surface area contributed by atoms with Crippen LogP contribution in [-0.4, -0.2) is 32.0 Å². The largest absolute Gasteiger partial charge is 0.586 e. The second-order valence-electron chi connectivity index (χ2n) is 3.88. The standard InChI is InChI=1S/C11H12F2N2O4/c1-17-5-7(14)10(16)15-6-2-3-8-9(4-6)19-11(12,13)18-8/h2-4,7H,5,14H2,1H3,(H,15,16). The molecule has 1 heterocycles. The maximum atomic E-state index is 12.8. The van der Waals surface area contributed by atoms with Gasteiger partial charge in [0.2, 0.25) is 5.91 Å². The topological polar surface area (TPSA) is 82.8 Å². The number of fused-ring (bicyclic) bond motifs is 1. The predicted octanol–water partition coefficient (Wildman–Crippen LogP) is 0.920. The number of ether oxygens (including phenoxy) is 3. The molecule has 0 fully saturated rings. The molecule has 1 atom stereocenters. The van der Waals surface area contributed by atoms with Gasteiger partial charge in [0.25, 0.3) is 0 Å². The summed E-state index contributed by atoms with van der Waals surface area (Å²) < 4.78 is 38.8. The van der Waals surface area contributed by atoms with Gasteiger partial charge in [-0.2, -0.15) is 0 Å². The summed E-state index contributed by atoms with van der Waals surface area (Å²) in [6, 6.07) is 3.06. The van der Waals surface area contributed by atoms with E-state index in [1.54, 1.807) is 0 Å². The minimum Gasteiger partial charge on any atom is -0.395 e. The van der Waals surface area contributed by atoms with Crippen LogP contribution in [0.15, 0.2) is 18.2 Å². The van der Waals surface area contributed by atoms with Crippen molar-refractivity contribution in [3.8, 4) is 11.5 Å². The van der Waals surface area contributed by atoms with Gasteiger partial charge in [-0.15, -0.1) is 8.78 Å². The van der Waals surface area contributed by atoms with Gasteiger partial charge in [-0.25, -0.2) is 0 Å². The van der Waals surface area contributed by atoms with Gasteiger partial charge in [0.1, 0.15) is 6.04 Å². The number of alkyl halides is 2. The number of nitrogens with one attached hydrogen (secondary N) is 1. The van der Waals surface area contributed by atoms with Crippen molar-refractivity contribution in [2.75, 3.05) is 19.0 Å². The Morgan fingerprint density at radius 1 is 1.47 bits per heavy atom. The molecule has 8 heteroatoms. The molecule has 0 aliphatic carbocycles. The minimum atomic E-state index is -3.68. The van der Waals surface area contributed by atoms with Crippen molar-refractivity contribution in [3.05, 3.63) is 18.2 Å². The normalized spacial score (nSPS) is 17.1. The second-order valence-corrected chi connectivity index (χ2v) is 3.88. The van der Waals surface area contributed by atoms with Crippen LogP contribution < -0.4 is 20.5 Å². The van der Waals surface area contributed by atoms with Crippen molar-refractivity contribution in [2.45, 2.75) is 12.3 Å². The number of amides is 1. The van der Waals surface area contributed by atoms with E-state index in [4.69, 9.17) is 10.5 Å². The zero-order chi connectivity index (χ0) is 14.0. The van der Waals surface area contributed by atoms with Crippen molar-refractivity contribution in [1.29, 1.82) is 0 Å². The lowest BCUT2D eigenvalue weighted by Gasteiger charge is -2.11. The zero-order valence-corrected chi connectivity index (χ0v) is 9.98. The molecule has 104 valence electrons. The number of hydrogen-bond donors (Lipinski definition) is 2. The Morgan fingerprint density at radius 2 is 2.16 bits per heavy atom. The Hall–Kier alpha value is -1.93. The Bertz CT molecular complexity index is 496. The summed E-state index contributed by atoms with van der Waals surface area (Å²) in [5, 5.41) is 2.46. The third-order valence-electron chi connectivity index (χ3n) is 2.35. The van der Waals surface area contributed by atoms with Gasteiger partial charge >= 0.3 is 6.29 Å². The van der Waals surface area contributed by atoms with Crippen LogP contribution >= 0.6 is 0 Å². The molecule has 1 amide bonds. The van der Waals surface area contributed by atoms with E-state index in [1.165, 1.54) is 25.3 Å². The van der Waals surface area contributed by atoms with Crippen LogP contribution in [0, 0.1) is 0 Å². The Balaban J connectivity index is 2.06. The lowest BCUT2D eigenvalue weighted by Crippen LogP contribution is -2.39. The Labute approximate surface area is 107 Å². The number of anilines is 1. The Kier molecular flexibility index (Phi) is 3.54. The van der Waals surface area contributed by atoms with Crippen LogP contribution in [0.4, 0.5) is 14.5 Å². The van der Waals surface area contributed by atoms with Gasteiger partial charge in [-0.1, -0.05) is 0 Å². The summed E-state index contributed by atoms with van der Waals surface area (Å²) in [5.74, 6) is -0.736. The van der Waals surface area contributed by atoms with Gasteiger partial charge in [-0.05, 0) is 12.1 Å². The van der Waals surface area contributed by atoms with Crippen LogP contribution in [-0.2, 0) is 9.53 Å². The highest BCUT2D eigenvalue weighted by Crippen LogP contribution is 2.42. The first-order valence-electron chi connectivity index (χ1n) is 5.36. The van der Waals surface area contributed by atoms with E-state index in [0.29, 0.717) is 0 Å². The number of benzene rings is 1. The summed E-state index contributed by atoms with van der Waals surface area (Å²) in [6.45, 7) is 0.0501. The molecule has 1 aromatic rings. The van der Waals surface area contributed by atoms with Gasteiger partial charge < -0.3 is 25.3 Å². The summed E-state index contributed by atoms with van der Waals surface area (Å²) >= 11 is 0. The van der Waals surface area contributed by atoms with Crippen molar-refractivity contribution in [1.82, 2.24) is 0 Å². The molecule has 0 saturated heterocycles. The molecule has 19 heavy (non-hydrogen) atoms. The lowest BCUT2D eigenvalue weighted by molar-refractivity contribution is -0.286. The first-order chi connectivity index (χ1) is 8.91. The number of halogens is 2. The molecule has 0 bridgehead atoms. The predicted molar refractivity (Wildman–Crippen MR) is 61.1 cm³/mol. The Morgan fingerprint density at radius 3 is 2.84 bits per heavy atom. The molecule has 0 spiro atoms. The van der Waals surface area contributed by atoms with Crippen molar-refractivity contribution >= 4 is 11.6 Å². The molecule has 0 saturated carbocycles. The summed E-state index contributed by atoms with van der Waals surface area (Å²) in [4.78, 5) is 11.6. The molecular weight excluding hydrogens is 262 g/mol. The monoisotopic (exact) mass is 274 g/mol. The van der Waals surface area contributed by atoms with E-state index < -0.39 is 18.2 Å². The summed E-state index contributed by atoms with van der Waals surface area (Å²) in [5.41, 5.74) is 5.79. The van der Waals surface area contributed by atoms with Gasteiger partial charge in [0.15, 0.2) is 11.5 Å². The minimum absolute atomic E-state index is 0.0501. The molecule has 1 unspecified atom stereocenters. The molecule has 1 aliphatic rings.